The molecule has 8 nitrogen and oxygen atoms in total. The first-order chi connectivity index (χ1) is 15.7. The van der Waals surface area contributed by atoms with Gasteiger partial charge in [-0.2, -0.15) is 4.98 Å². The Kier molecular flexibility index (Phi) is 7.34. The molecule has 0 fully saturated rings. The van der Waals surface area contributed by atoms with E-state index in [2.05, 4.69) is 54.6 Å². The van der Waals surface area contributed by atoms with Crippen LogP contribution in [0.5, 0.6) is 0 Å². The molecule has 0 spiro atoms. The molecule has 3 heterocycles. The minimum absolute atomic E-state index is 0.109. The van der Waals surface area contributed by atoms with Crippen molar-refractivity contribution < 1.29 is 4.79 Å². The lowest BCUT2D eigenvalue weighted by atomic mass is 10.1. The monoisotopic (exact) mass is 431 g/mol. The molecule has 3 aromatic rings. The van der Waals surface area contributed by atoms with Crippen LogP contribution in [0.25, 0.3) is 11.4 Å². The van der Waals surface area contributed by atoms with Crippen LogP contribution >= 0.6 is 0 Å². The standard InChI is InChI=1S/C24H29N7O/c1-31-13-3-7-20-16-19(10-12-25-20)23-27-17-28-24(30-23)29-21-6-2-5-18(15-21)9-11-26-22(32)8-4-14-31/h2,5-6,10,12,15-17H,3-4,7-9,11,13-14H2,1H3,(H,26,32)(H,27,28,29,30). The van der Waals surface area contributed by atoms with E-state index in [0.29, 0.717) is 24.7 Å². The van der Waals surface area contributed by atoms with E-state index in [0.717, 1.165) is 61.3 Å². The number of nitrogens with one attached hydrogen (secondary N) is 2. The second-order valence-electron chi connectivity index (χ2n) is 8.10. The number of benzene rings is 1. The van der Waals surface area contributed by atoms with Crippen molar-refractivity contribution in [2.24, 2.45) is 0 Å². The van der Waals surface area contributed by atoms with Gasteiger partial charge in [0.2, 0.25) is 11.9 Å². The zero-order chi connectivity index (χ0) is 22.2. The first kappa shape index (κ1) is 21.8. The molecule has 2 aromatic heterocycles. The molecule has 1 aliphatic rings. The van der Waals surface area contributed by atoms with Crippen LogP contribution in [0.3, 0.4) is 0 Å². The Morgan fingerprint density at radius 1 is 0.969 bits per heavy atom. The number of hydrogen-bond acceptors (Lipinski definition) is 7. The topological polar surface area (TPSA) is 95.9 Å². The van der Waals surface area contributed by atoms with Crippen LogP contribution in [-0.2, 0) is 17.6 Å². The third kappa shape index (κ3) is 6.31. The molecule has 1 aliphatic heterocycles. The highest BCUT2D eigenvalue weighted by molar-refractivity contribution is 5.75. The first-order valence-corrected chi connectivity index (χ1v) is 11.1. The van der Waals surface area contributed by atoms with E-state index in [1.165, 1.54) is 6.33 Å². The fourth-order valence-electron chi connectivity index (χ4n) is 3.77. The van der Waals surface area contributed by atoms with Crippen LogP contribution in [0.2, 0.25) is 0 Å². The Morgan fingerprint density at radius 2 is 1.84 bits per heavy atom. The van der Waals surface area contributed by atoms with Gasteiger partial charge in [-0.25, -0.2) is 9.97 Å². The molecule has 6 bridgehead atoms. The van der Waals surface area contributed by atoms with Crippen molar-refractivity contribution in [1.82, 2.24) is 30.2 Å². The van der Waals surface area contributed by atoms with Gasteiger partial charge in [-0.15, -0.1) is 0 Å². The molecule has 0 atom stereocenters. The lowest BCUT2D eigenvalue weighted by Crippen LogP contribution is -2.27. The average Bonchev–Trinajstić information content (AvgIpc) is 2.79. The number of hydrogen-bond donors (Lipinski definition) is 2. The van der Waals surface area contributed by atoms with Gasteiger partial charge in [0.05, 0.1) is 0 Å². The van der Waals surface area contributed by atoms with Gasteiger partial charge in [-0.05, 0) is 75.6 Å². The van der Waals surface area contributed by atoms with Crippen LogP contribution in [0.15, 0.2) is 48.9 Å². The van der Waals surface area contributed by atoms with Gasteiger partial charge in [0.15, 0.2) is 5.82 Å². The van der Waals surface area contributed by atoms with Crippen LogP contribution in [0, 0.1) is 0 Å². The summed E-state index contributed by atoms with van der Waals surface area (Å²) in [5.41, 5.74) is 3.98. The number of aromatic nitrogens is 4. The van der Waals surface area contributed by atoms with Crippen LogP contribution < -0.4 is 10.6 Å². The molecule has 0 unspecified atom stereocenters. The van der Waals surface area contributed by atoms with Gasteiger partial charge in [-0.1, -0.05) is 12.1 Å². The van der Waals surface area contributed by atoms with E-state index in [-0.39, 0.29) is 5.91 Å². The minimum atomic E-state index is 0.109. The summed E-state index contributed by atoms with van der Waals surface area (Å²) in [7, 11) is 2.10. The number of rotatable bonds is 0. The highest BCUT2D eigenvalue weighted by atomic mass is 16.1. The fourth-order valence-corrected chi connectivity index (χ4v) is 3.77. The Balaban J connectivity index is 1.56. The molecule has 0 saturated carbocycles. The number of amides is 1. The molecule has 1 amide bonds. The van der Waals surface area contributed by atoms with E-state index in [1.807, 2.05) is 30.5 Å². The summed E-state index contributed by atoms with van der Waals surface area (Å²) in [6.45, 7) is 2.49. The molecule has 0 radical (unpaired) electrons. The van der Waals surface area contributed by atoms with Crippen molar-refractivity contribution in [1.29, 1.82) is 0 Å². The van der Waals surface area contributed by atoms with E-state index in [9.17, 15) is 4.79 Å². The summed E-state index contributed by atoms with van der Waals surface area (Å²) < 4.78 is 0. The highest BCUT2D eigenvalue weighted by Gasteiger charge is 2.09. The highest BCUT2D eigenvalue weighted by Crippen LogP contribution is 2.19. The summed E-state index contributed by atoms with van der Waals surface area (Å²) in [6, 6.07) is 12.0. The SMILES string of the molecule is CN1CCCC(=O)NCCc2cccc(c2)Nc2ncnc(n2)-c2ccnc(c2)CCC1. The maximum absolute atomic E-state index is 12.2. The van der Waals surface area contributed by atoms with Crippen molar-refractivity contribution in [3.8, 4) is 11.4 Å². The summed E-state index contributed by atoms with van der Waals surface area (Å²) in [6.07, 6.45) is 7.38. The lowest BCUT2D eigenvalue weighted by Gasteiger charge is -2.16. The van der Waals surface area contributed by atoms with Crippen molar-refractivity contribution in [2.45, 2.75) is 32.1 Å². The van der Waals surface area contributed by atoms with Crippen LogP contribution in [-0.4, -0.2) is 57.4 Å². The number of nitrogens with zero attached hydrogens (tertiary/aromatic N) is 5. The number of carbonyl (C=O) groups is 1. The Bertz CT molecular complexity index is 1060. The molecule has 1 aromatic carbocycles. The van der Waals surface area contributed by atoms with Crippen LogP contribution in [0.4, 0.5) is 11.6 Å². The quantitative estimate of drug-likeness (QED) is 0.565. The Labute approximate surface area is 188 Å². The maximum atomic E-state index is 12.2. The van der Waals surface area contributed by atoms with Gasteiger partial charge in [0.25, 0.3) is 0 Å². The summed E-state index contributed by atoms with van der Waals surface area (Å²) >= 11 is 0. The lowest BCUT2D eigenvalue weighted by molar-refractivity contribution is -0.121. The zero-order valence-electron chi connectivity index (χ0n) is 18.4. The Hall–Kier alpha value is -3.39. The third-order valence-electron chi connectivity index (χ3n) is 5.48. The molecule has 2 N–H and O–H groups in total. The average molecular weight is 432 g/mol. The predicted molar refractivity (Wildman–Crippen MR) is 125 cm³/mol. The number of fused-ring (bicyclic) bond motifs is 7. The zero-order valence-corrected chi connectivity index (χ0v) is 18.4. The number of carbonyl (C=O) groups excluding carboxylic acids is 1. The van der Waals surface area contributed by atoms with Crippen molar-refractivity contribution in [3.05, 3.63) is 60.2 Å². The molecule has 166 valence electrons. The largest absolute Gasteiger partial charge is 0.356 e. The van der Waals surface area contributed by atoms with Gasteiger partial charge >= 0.3 is 0 Å². The van der Waals surface area contributed by atoms with Crippen molar-refractivity contribution in [2.75, 3.05) is 32.0 Å². The second-order valence-corrected chi connectivity index (χ2v) is 8.10. The van der Waals surface area contributed by atoms with Gasteiger partial charge in [0, 0.05) is 36.1 Å². The van der Waals surface area contributed by atoms with Gasteiger partial charge < -0.3 is 15.5 Å². The molecule has 0 aliphatic carbocycles. The molecular weight excluding hydrogens is 402 g/mol. The third-order valence-corrected chi connectivity index (χ3v) is 5.48. The number of pyridine rings is 1. The van der Waals surface area contributed by atoms with Gasteiger partial charge in [-0.3, -0.25) is 9.78 Å². The van der Waals surface area contributed by atoms with E-state index in [4.69, 9.17) is 0 Å². The summed E-state index contributed by atoms with van der Waals surface area (Å²) in [4.78, 5) is 32.2. The van der Waals surface area contributed by atoms with Crippen molar-refractivity contribution in [3.63, 3.8) is 0 Å². The van der Waals surface area contributed by atoms with Crippen molar-refractivity contribution >= 4 is 17.5 Å². The first-order valence-electron chi connectivity index (χ1n) is 11.1. The molecule has 4 rings (SSSR count). The fraction of sp³-hybridized carbons (Fsp3) is 0.375. The smallest absolute Gasteiger partial charge is 0.230 e. The minimum Gasteiger partial charge on any atom is -0.356 e. The molecule has 0 saturated heterocycles. The molecule has 32 heavy (non-hydrogen) atoms. The second kappa shape index (κ2) is 10.8. The predicted octanol–water partition coefficient (Wildman–Crippen LogP) is 2.99. The van der Waals surface area contributed by atoms with E-state index in [1.54, 1.807) is 0 Å². The number of anilines is 2. The Morgan fingerprint density at radius 3 is 2.75 bits per heavy atom. The van der Waals surface area contributed by atoms with E-state index >= 15 is 0 Å². The summed E-state index contributed by atoms with van der Waals surface area (Å²) in [5, 5.41) is 6.29. The van der Waals surface area contributed by atoms with Gasteiger partial charge in [0.1, 0.15) is 6.33 Å². The van der Waals surface area contributed by atoms with Crippen LogP contribution in [0.1, 0.15) is 30.5 Å². The summed E-state index contributed by atoms with van der Waals surface area (Å²) in [5.74, 6) is 1.22. The number of aryl methyl sites for hydroxylation is 1. The molecule has 8 heteroatoms. The molecular formula is C24H29N7O. The normalized spacial score (nSPS) is 16.3. The maximum Gasteiger partial charge on any atom is 0.230 e. The van der Waals surface area contributed by atoms with E-state index < -0.39 is 0 Å².